The summed E-state index contributed by atoms with van der Waals surface area (Å²) in [6, 6.07) is 11.2. The Labute approximate surface area is 180 Å². The molecule has 152 valence electrons. The van der Waals surface area contributed by atoms with Gasteiger partial charge < -0.3 is 4.90 Å². The minimum Gasteiger partial charge on any atom is -0.353 e. The molecule has 1 aliphatic heterocycles. The monoisotopic (exact) mass is 450 g/mol. The summed E-state index contributed by atoms with van der Waals surface area (Å²) in [5, 5.41) is 2.13. The second-order valence-electron chi connectivity index (χ2n) is 7.22. The van der Waals surface area contributed by atoms with Gasteiger partial charge in [-0.05, 0) is 36.8 Å². The molecule has 9 heteroatoms. The molecule has 2 heterocycles. The van der Waals surface area contributed by atoms with Crippen LogP contribution in [0.4, 0.5) is 5.82 Å². The highest BCUT2D eigenvalue weighted by Crippen LogP contribution is 2.35. The highest BCUT2D eigenvalue weighted by molar-refractivity contribution is 7.88. The molecule has 0 N–H and O–H groups in total. The standard InChI is InChI=1S/C20H20Cl2N4O2S/c1-13-11-25(7-8-26(13)29(2,27)28)20-17-9-16(14-3-5-15(21)6-4-14)18(22)10-19(17)23-12-24-20/h3-6,9-10,12-13H,7-8,11H2,1-2H3. The van der Waals surface area contributed by atoms with Crippen LogP contribution in [0, 0.1) is 0 Å². The molecule has 0 saturated carbocycles. The van der Waals surface area contributed by atoms with Gasteiger partial charge in [-0.2, -0.15) is 4.31 Å². The first-order valence-corrected chi connectivity index (χ1v) is 11.8. The summed E-state index contributed by atoms with van der Waals surface area (Å²) in [5.74, 6) is 0.780. The zero-order chi connectivity index (χ0) is 20.8. The molecule has 1 aromatic heterocycles. The van der Waals surface area contributed by atoms with E-state index >= 15 is 0 Å². The van der Waals surface area contributed by atoms with E-state index in [0.29, 0.717) is 29.7 Å². The summed E-state index contributed by atoms with van der Waals surface area (Å²) in [5.41, 5.74) is 2.57. The quantitative estimate of drug-likeness (QED) is 0.601. The largest absolute Gasteiger partial charge is 0.353 e. The maximum Gasteiger partial charge on any atom is 0.211 e. The Kier molecular flexibility index (Phi) is 5.42. The molecule has 0 bridgehead atoms. The van der Waals surface area contributed by atoms with Crippen molar-refractivity contribution in [2.75, 3.05) is 30.8 Å². The molecular weight excluding hydrogens is 431 g/mol. The van der Waals surface area contributed by atoms with Crippen LogP contribution in [0.2, 0.25) is 10.0 Å². The molecule has 1 fully saturated rings. The van der Waals surface area contributed by atoms with Crippen molar-refractivity contribution < 1.29 is 8.42 Å². The predicted molar refractivity (Wildman–Crippen MR) is 118 cm³/mol. The molecule has 3 aromatic rings. The van der Waals surface area contributed by atoms with Crippen molar-refractivity contribution in [3.63, 3.8) is 0 Å². The summed E-state index contributed by atoms with van der Waals surface area (Å²) in [7, 11) is -3.23. The minimum atomic E-state index is -3.23. The first-order chi connectivity index (χ1) is 13.7. The smallest absolute Gasteiger partial charge is 0.211 e. The van der Waals surface area contributed by atoms with Crippen molar-refractivity contribution in [1.82, 2.24) is 14.3 Å². The molecule has 1 saturated heterocycles. The number of benzene rings is 2. The number of nitrogens with zero attached hydrogens (tertiary/aromatic N) is 4. The van der Waals surface area contributed by atoms with Gasteiger partial charge in [-0.15, -0.1) is 0 Å². The van der Waals surface area contributed by atoms with Gasteiger partial charge in [0, 0.05) is 41.6 Å². The summed E-state index contributed by atoms with van der Waals surface area (Å²) < 4.78 is 25.5. The number of aromatic nitrogens is 2. The summed E-state index contributed by atoms with van der Waals surface area (Å²) >= 11 is 12.5. The Morgan fingerprint density at radius 2 is 1.79 bits per heavy atom. The molecule has 0 amide bonds. The van der Waals surface area contributed by atoms with Gasteiger partial charge in [0.15, 0.2) is 0 Å². The van der Waals surface area contributed by atoms with Gasteiger partial charge in [0.25, 0.3) is 0 Å². The van der Waals surface area contributed by atoms with Crippen LogP contribution in [0.5, 0.6) is 0 Å². The number of fused-ring (bicyclic) bond motifs is 1. The lowest BCUT2D eigenvalue weighted by molar-refractivity contribution is 0.308. The Bertz CT molecular complexity index is 1170. The van der Waals surface area contributed by atoms with Crippen molar-refractivity contribution in [2.24, 2.45) is 0 Å². The van der Waals surface area contributed by atoms with Crippen molar-refractivity contribution in [3.05, 3.63) is 52.8 Å². The number of piperazine rings is 1. The zero-order valence-corrected chi connectivity index (χ0v) is 18.3. The lowest BCUT2D eigenvalue weighted by atomic mass is 10.0. The molecular formula is C20H20Cl2N4O2S. The van der Waals surface area contributed by atoms with Crippen LogP contribution in [0.15, 0.2) is 42.7 Å². The van der Waals surface area contributed by atoms with Gasteiger partial charge in [-0.1, -0.05) is 35.3 Å². The summed E-state index contributed by atoms with van der Waals surface area (Å²) in [4.78, 5) is 11.0. The predicted octanol–water partition coefficient (Wildman–Crippen LogP) is 4.07. The first kappa shape index (κ1) is 20.3. The lowest BCUT2D eigenvalue weighted by Gasteiger charge is -2.39. The Balaban J connectivity index is 1.76. The fourth-order valence-corrected chi connectivity index (χ4v) is 5.32. The third kappa shape index (κ3) is 4.05. The molecule has 29 heavy (non-hydrogen) atoms. The van der Waals surface area contributed by atoms with E-state index in [0.717, 1.165) is 27.8 Å². The third-order valence-corrected chi connectivity index (χ3v) is 7.11. The lowest BCUT2D eigenvalue weighted by Crippen LogP contribution is -2.53. The molecule has 4 rings (SSSR count). The van der Waals surface area contributed by atoms with E-state index < -0.39 is 10.0 Å². The molecule has 2 aromatic carbocycles. The van der Waals surface area contributed by atoms with Crippen LogP contribution in [0.25, 0.3) is 22.0 Å². The topological polar surface area (TPSA) is 66.4 Å². The fourth-order valence-electron chi connectivity index (χ4n) is 3.79. The fraction of sp³-hybridized carbons (Fsp3) is 0.300. The normalized spacial score (nSPS) is 18.3. The van der Waals surface area contributed by atoms with Crippen LogP contribution in [-0.4, -0.2) is 54.6 Å². The second-order valence-corrected chi connectivity index (χ2v) is 10.0. The van der Waals surface area contributed by atoms with E-state index in [-0.39, 0.29) is 6.04 Å². The Morgan fingerprint density at radius 3 is 2.45 bits per heavy atom. The van der Waals surface area contributed by atoms with Crippen LogP contribution in [0.1, 0.15) is 6.92 Å². The maximum absolute atomic E-state index is 12.0. The maximum atomic E-state index is 12.0. The van der Waals surface area contributed by atoms with E-state index in [2.05, 4.69) is 14.9 Å². The van der Waals surface area contributed by atoms with E-state index in [9.17, 15) is 8.42 Å². The molecule has 0 radical (unpaired) electrons. The second kappa shape index (κ2) is 7.72. The molecule has 1 unspecified atom stereocenters. The van der Waals surface area contributed by atoms with E-state index in [1.807, 2.05) is 43.3 Å². The highest BCUT2D eigenvalue weighted by Gasteiger charge is 2.31. The van der Waals surface area contributed by atoms with E-state index in [1.165, 1.54) is 16.9 Å². The van der Waals surface area contributed by atoms with E-state index in [1.54, 1.807) is 0 Å². The van der Waals surface area contributed by atoms with Gasteiger partial charge >= 0.3 is 0 Å². The Hall–Kier alpha value is -1.93. The zero-order valence-electron chi connectivity index (χ0n) is 16.0. The number of hydrogen-bond donors (Lipinski definition) is 0. The Morgan fingerprint density at radius 1 is 1.07 bits per heavy atom. The van der Waals surface area contributed by atoms with Crippen molar-refractivity contribution in [1.29, 1.82) is 0 Å². The minimum absolute atomic E-state index is 0.146. The number of anilines is 1. The van der Waals surface area contributed by atoms with Gasteiger partial charge in [-0.25, -0.2) is 18.4 Å². The molecule has 1 atom stereocenters. The first-order valence-electron chi connectivity index (χ1n) is 9.16. The van der Waals surface area contributed by atoms with Crippen molar-refractivity contribution in [3.8, 4) is 11.1 Å². The van der Waals surface area contributed by atoms with Gasteiger partial charge in [-0.3, -0.25) is 0 Å². The number of sulfonamides is 1. The van der Waals surface area contributed by atoms with Crippen LogP contribution in [0.3, 0.4) is 0 Å². The number of rotatable bonds is 3. The van der Waals surface area contributed by atoms with Crippen LogP contribution in [-0.2, 0) is 10.0 Å². The van der Waals surface area contributed by atoms with Crippen molar-refractivity contribution >= 4 is 49.9 Å². The van der Waals surface area contributed by atoms with Gasteiger partial charge in [0.1, 0.15) is 12.1 Å². The third-order valence-electron chi connectivity index (χ3n) is 5.15. The molecule has 6 nitrogen and oxygen atoms in total. The molecule has 0 spiro atoms. The number of hydrogen-bond acceptors (Lipinski definition) is 5. The highest BCUT2D eigenvalue weighted by atomic mass is 35.5. The van der Waals surface area contributed by atoms with Gasteiger partial charge in [0.2, 0.25) is 10.0 Å². The van der Waals surface area contributed by atoms with Crippen LogP contribution < -0.4 is 4.90 Å². The number of halogens is 2. The summed E-state index contributed by atoms with van der Waals surface area (Å²) in [6.07, 6.45) is 2.77. The SMILES string of the molecule is CC1CN(c2ncnc3cc(Cl)c(-c4ccc(Cl)cc4)cc23)CCN1S(C)(=O)=O. The van der Waals surface area contributed by atoms with Gasteiger partial charge in [0.05, 0.1) is 16.8 Å². The van der Waals surface area contributed by atoms with Crippen LogP contribution >= 0.6 is 23.2 Å². The van der Waals surface area contributed by atoms with Crippen molar-refractivity contribution in [2.45, 2.75) is 13.0 Å². The van der Waals surface area contributed by atoms with E-state index in [4.69, 9.17) is 23.2 Å². The molecule has 1 aliphatic rings. The average Bonchev–Trinajstić information content (AvgIpc) is 2.66. The summed E-state index contributed by atoms with van der Waals surface area (Å²) in [6.45, 7) is 3.44. The average molecular weight is 451 g/mol. The molecule has 0 aliphatic carbocycles.